The summed E-state index contributed by atoms with van der Waals surface area (Å²) in [7, 11) is 0. The second kappa shape index (κ2) is 30.6. The molecule has 1 fully saturated rings. The summed E-state index contributed by atoms with van der Waals surface area (Å²) in [6.45, 7) is 4.40. The molecule has 4 atom stereocenters. The maximum atomic E-state index is 10.4. The van der Waals surface area contributed by atoms with Crippen molar-refractivity contribution in [1.82, 2.24) is 0 Å². The van der Waals surface area contributed by atoms with Crippen molar-refractivity contribution < 1.29 is 34.8 Å². The second-order valence-corrected chi connectivity index (χ2v) is 12.6. The van der Waals surface area contributed by atoms with E-state index in [1.165, 1.54) is 44.9 Å². The van der Waals surface area contributed by atoms with Crippen LogP contribution in [0.15, 0.2) is 12.2 Å². The van der Waals surface area contributed by atoms with E-state index in [-0.39, 0.29) is 18.3 Å². The van der Waals surface area contributed by atoms with Crippen LogP contribution in [0.1, 0.15) is 181 Å². The molecule has 7 heteroatoms. The summed E-state index contributed by atoms with van der Waals surface area (Å²) < 4.78 is 5.64. The minimum atomic E-state index is -0.692. The molecule has 43 heavy (non-hydrogen) atoms. The fraction of sp³-hybridized carbons (Fsp3) is 0.889. The van der Waals surface area contributed by atoms with Gasteiger partial charge in [0.15, 0.2) is 0 Å². The van der Waals surface area contributed by atoms with Crippen LogP contribution in [0.2, 0.25) is 0 Å². The molecule has 1 aliphatic heterocycles. The van der Waals surface area contributed by atoms with E-state index in [0.717, 1.165) is 109 Å². The molecule has 1 saturated heterocycles. The molecule has 254 valence electrons. The van der Waals surface area contributed by atoms with Crippen LogP contribution in [0.25, 0.3) is 0 Å². The average molecular weight is 613 g/mol. The Balaban J connectivity index is 0.000000822. The SMILES string of the molecule is CCCCCCC(O)C/C=C\CCCCCCCC(=O)O.CCCCCCC(O)CC1OC1CCCCCCCC(=O)O. The lowest BCUT2D eigenvalue weighted by Crippen LogP contribution is -2.11. The van der Waals surface area contributed by atoms with Gasteiger partial charge in [-0.1, -0.05) is 122 Å². The van der Waals surface area contributed by atoms with Crippen molar-refractivity contribution in [3.63, 3.8) is 0 Å². The van der Waals surface area contributed by atoms with E-state index in [9.17, 15) is 19.8 Å². The molecule has 0 aromatic rings. The number of ether oxygens (including phenoxy) is 1. The van der Waals surface area contributed by atoms with Crippen molar-refractivity contribution in [2.24, 2.45) is 0 Å². The third kappa shape index (κ3) is 31.8. The summed E-state index contributed by atoms with van der Waals surface area (Å²) in [6, 6.07) is 0. The number of hydrogen-bond donors (Lipinski definition) is 4. The lowest BCUT2D eigenvalue weighted by molar-refractivity contribution is -0.138. The van der Waals surface area contributed by atoms with Crippen LogP contribution in [0.3, 0.4) is 0 Å². The number of allylic oxidation sites excluding steroid dienone is 1. The quantitative estimate of drug-likeness (QED) is 0.0361. The van der Waals surface area contributed by atoms with Gasteiger partial charge in [0.1, 0.15) is 0 Å². The van der Waals surface area contributed by atoms with E-state index in [1.54, 1.807) is 0 Å². The van der Waals surface area contributed by atoms with E-state index in [0.29, 0.717) is 18.9 Å². The minimum absolute atomic E-state index is 0.172. The Morgan fingerprint density at radius 1 is 0.605 bits per heavy atom. The summed E-state index contributed by atoms with van der Waals surface area (Å²) in [5.74, 6) is -1.38. The third-order valence-electron chi connectivity index (χ3n) is 8.19. The van der Waals surface area contributed by atoms with Crippen LogP contribution in [0.4, 0.5) is 0 Å². The number of carboxylic acid groups (broad SMARTS) is 2. The fourth-order valence-corrected chi connectivity index (χ4v) is 5.35. The first-order valence-electron chi connectivity index (χ1n) is 17.9. The zero-order chi connectivity index (χ0) is 32.0. The molecule has 0 spiro atoms. The monoisotopic (exact) mass is 612 g/mol. The Kier molecular flexibility index (Phi) is 29.6. The summed E-state index contributed by atoms with van der Waals surface area (Å²) >= 11 is 0. The Hall–Kier alpha value is -1.44. The van der Waals surface area contributed by atoms with Crippen LogP contribution in [0.5, 0.6) is 0 Å². The van der Waals surface area contributed by atoms with Gasteiger partial charge in [-0.25, -0.2) is 0 Å². The first-order chi connectivity index (χ1) is 20.8. The van der Waals surface area contributed by atoms with Crippen LogP contribution in [-0.2, 0) is 14.3 Å². The second-order valence-electron chi connectivity index (χ2n) is 12.6. The van der Waals surface area contributed by atoms with Crippen molar-refractivity contribution in [2.45, 2.75) is 205 Å². The third-order valence-corrected chi connectivity index (χ3v) is 8.19. The number of carbonyl (C=O) groups is 2. The molecule has 1 heterocycles. The number of aliphatic hydroxyl groups is 2. The number of rotatable bonds is 30. The predicted molar refractivity (Wildman–Crippen MR) is 176 cm³/mol. The van der Waals surface area contributed by atoms with Crippen LogP contribution < -0.4 is 0 Å². The highest BCUT2D eigenvalue weighted by Gasteiger charge is 2.38. The summed E-state index contributed by atoms with van der Waals surface area (Å²) in [5, 5.41) is 36.8. The summed E-state index contributed by atoms with van der Waals surface area (Å²) in [5.41, 5.74) is 0. The highest BCUT2D eigenvalue weighted by atomic mass is 16.6. The molecule has 0 aliphatic carbocycles. The van der Waals surface area contributed by atoms with Gasteiger partial charge in [0, 0.05) is 19.3 Å². The highest BCUT2D eigenvalue weighted by molar-refractivity contribution is 5.66. The molecular formula is C36H68O7. The smallest absolute Gasteiger partial charge is 0.303 e. The zero-order valence-corrected chi connectivity index (χ0v) is 27.9. The number of aliphatic carboxylic acids is 2. The molecule has 0 radical (unpaired) electrons. The summed E-state index contributed by atoms with van der Waals surface area (Å²) in [6.07, 6.45) is 31.0. The largest absolute Gasteiger partial charge is 0.481 e. The number of carboxylic acids is 2. The summed E-state index contributed by atoms with van der Waals surface area (Å²) in [4.78, 5) is 20.7. The fourth-order valence-electron chi connectivity index (χ4n) is 5.35. The van der Waals surface area contributed by atoms with E-state index in [2.05, 4.69) is 26.0 Å². The molecule has 0 amide bonds. The first-order valence-corrected chi connectivity index (χ1v) is 17.9. The Morgan fingerprint density at radius 3 is 1.65 bits per heavy atom. The van der Waals surface area contributed by atoms with Crippen molar-refractivity contribution >= 4 is 11.9 Å². The van der Waals surface area contributed by atoms with E-state index in [4.69, 9.17) is 14.9 Å². The normalized spacial score (nSPS) is 17.4. The lowest BCUT2D eigenvalue weighted by atomic mass is 10.0. The van der Waals surface area contributed by atoms with Gasteiger partial charge in [-0.3, -0.25) is 9.59 Å². The average Bonchev–Trinajstić information content (AvgIpc) is 3.71. The van der Waals surface area contributed by atoms with Gasteiger partial charge >= 0.3 is 11.9 Å². The number of unbranched alkanes of at least 4 members (excludes halogenated alkanes) is 15. The van der Waals surface area contributed by atoms with Gasteiger partial charge < -0.3 is 25.2 Å². The number of epoxide rings is 1. The molecule has 0 bridgehead atoms. The molecule has 1 rings (SSSR count). The first kappa shape index (κ1) is 41.6. The van der Waals surface area contributed by atoms with Gasteiger partial charge in [0.25, 0.3) is 0 Å². The van der Waals surface area contributed by atoms with Crippen molar-refractivity contribution in [1.29, 1.82) is 0 Å². The van der Waals surface area contributed by atoms with E-state index < -0.39 is 11.9 Å². The van der Waals surface area contributed by atoms with Crippen LogP contribution in [-0.4, -0.2) is 56.8 Å². The van der Waals surface area contributed by atoms with Gasteiger partial charge in [-0.05, 0) is 51.4 Å². The maximum absolute atomic E-state index is 10.4. The van der Waals surface area contributed by atoms with Crippen molar-refractivity contribution in [3.8, 4) is 0 Å². The topological polar surface area (TPSA) is 128 Å². The number of aliphatic hydroxyl groups excluding tert-OH is 2. The molecular weight excluding hydrogens is 544 g/mol. The molecule has 0 saturated carbocycles. The molecule has 4 unspecified atom stereocenters. The molecule has 0 aromatic heterocycles. The Morgan fingerprint density at radius 2 is 1.09 bits per heavy atom. The molecule has 7 nitrogen and oxygen atoms in total. The van der Waals surface area contributed by atoms with E-state index >= 15 is 0 Å². The van der Waals surface area contributed by atoms with Crippen molar-refractivity contribution in [3.05, 3.63) is 12.2 Å². The minimum Gasteiger partial charge on any atom is -0.481 e. The standard InChI is InChI=1S/C18H34O4.C18H34O3/c1-2-3-4-8-11-15(19)14-17-16(22-17)12-9-6-5-7-10-13-18(20)21;1-2-3-4-11-14-17(19)15-12-9-7-5-6-8-10-13-16-18(20)21/h15-17,19H,2-14H2,1H3,(H,20,21);9,12,17,19H,2-8,10-11,13-16H2,1H3,(H,20,21)/b;12-9-. The van der Waals surface area contributed by atoms with Crippen LogP contribution in [0, 0.1) is 0 Å². The Bertz CT molecular complexity index is 666. The van der Waals surface area contributed by atoms with E-state index in [1.807, 2.05) is 0 Å². The lowest BCUT2D eigenvalue weighted by Gasteiger charge is -2.08. The van der Waals surface area contributed by atoms with Crippen LogP contribution >= 0.6 is 0 Å². The van der Waals surface area contributed by atoms with Gasteiger partial charge in [-0.15, -0.1) is 0 Å². The molecule has 4 N–H and O–H groups in total. The van der Waals surface area contributed by atoms with Gasteiger partial charge in [-0.2, -0.15) is 0 Å². The zero-order valence-electron chi connectivity index (χ0n) is 27.9. The predicted octanol–water partition coefficient (Wildman–Crippen LogP) is 9.37. The van der Waals surface area contributed by atoms with Crippen molar-refractivity contribution in [2.75, 3.05) is 0 Å². The molecule has 1 aliphatic rings. The highest BCUT2D eigenvalue weighted by Crippen LogP contribution is 2.32. The number of hydrogen-bond acceptors (Lipinski definition) is 5. The van der Waals surface area contributed by atoms with Gasteiger partial charge in [0.05, 0.1) is 24.4 Å². The maximum Gasteiger partial charge on any atom is 0.303 e. The Labute approximate surface area is 263 Å². The van der Waals surface area contributed by atoms with Gasteiger partial charge in [0.2, 0.25) is 0 Å². The molecule has 0 aromatic carbocycles.